The third kappa shape index (κ3) is 4.90. The van der Waals surface area contributed by atoms with Crippen LogP contribution in [0.4, 0.5) is 15.9 Å². The summed E-state index contributed by atoms with van der Waals surface area (Å²) in [5, 5.41) is 4.00. The van der Waals surface area contributed by atoms with Crippen molar-refractivity contribution in [2.45, 2.75) is 6.61 Å². The minimum atomic E-state index is -0.487. The van der Waals surface area contributed by atoms with E-state index in [9.17, 15) is 4.39 Å². The molecule has 0 amide bonds. The summed E-state index contributed by atoms with van der Waals surface area (Å²) < 4.78 is 25.4. The molecular weight excluding hydrogens is 428 g/mol. The highest BCUT2D eigenvalue weighted by Crippen LogP contribution is 2.30. The van der Waals surface area contributed by atoms with Gasteiger partial charge in [-0.1, -0.05) is 41.9 Å². The summed E-state index contributed by atoms with van der Waals surface area (Å²) in [5.41, 5.74) is 1.87. The lowest BCUT2D eigenvalue weighted by Gasteiger charge is -2.13. The van der Waals surface area contributed by atoms with Gasteiger partial charge in [-0.3, -0.25) is 0 Å². The minimum absolute atomic E-state index is 0. The van der Waals surface area contributed by atoms with Crippen molar-refractivity contribution in [3.63, 3.8) is 0 Å². The number of ether oxygens (including phenoxy) is 2. The first-order valence-electron chi connectivity index (χ1n) is 8.87. The van der Waals surface area contributed by atoms with Gasteiger partial charge >= 0.3 is 6.01 Å². The van der Waals surface area contributed by atoms with E-state index >= 15 is 0 Å². The third-order valence-electron chi connectivity index (χ3n) is 4.28. The van der Waals surface area contributed by atoms with E-state index in [1.165, 1.54) is 6.07 Å². The molecule has 0 aliphatic heterocycles. The van der Waals surface area contributed by atoms with Crippen molar-refractivity contribution in [1.82, 2.24) is 9.97 Å². The Morgan fingerprint density at radius 3 is 2.53 bits per heavy atom. The summed E-state index contributed by atoms with van der Waals surface area (Å²) in [6, 6.07) is 19.7. The number of fused-ring (bicyclic) bond motifs is 1. The van der Waals surface area contributed by atoms with Crippen LogP contribution in [0, 0.1) is 5.82 Å². The van der Waals surface area contributed by atoms with Crippen LogP contribution in [0.15, 0.2) is 66.7 Å². The van der Waals surface area contributed by atoms with Crippen molar-refractivity contribution < 1.29 is 13.9 Å². The summed E-state index contributed by atoms with van der Waals surface area (Å²) in [4.78, 5) is 8.91. The molecule has 0 atom stereocenters. The molecule has 0 aliphatic carbocycles. The largest absolute Gasteiger partial charge is 0.497 e. The van der Waals surface area contributed by atoms with Gasteiger partial charge in [-0.15, -0.1) is 12.4 Å². The van der Waals surface area contributed by atoms with Gasteiger partial charge in [-0.05, 0) is 42.0 Å². The summed E-state index contributed by atoms with van der Waals surface area (Å²) >= 11 is 5.85. The number of nitrogens with one attached hydrogen (secondary N) is 1. The quantitative estimate of drug-likeness (QED) is 0.384. The van der Waals surface area contributed by atoms with Gasteiger partial charge in [0.1, 0.15) is 24.0 Å². The maximum absolute atomic E-state index is 14.3. The molecule has 30 heavy (non-hydrogen) atoms. The molecule has 1 aromatic heterocycles. The van der Waals surface area contributed by atoms with Gasteiger partial charge in [0.15, 0.2) is 0 Å². The molecule has 3 aromatic carbocycles. The van der Waals surface area contributed by atoms with Crippen molar-refractivity contribution >= 4 is 46.4 Å². The lowest BCUT2D eigenvalue weighted by atomic mass is 10.2. The lowest BCUT2D eigenvalue weighted by molar-refractivity contribution is 0.282. The Balaban J connectivity index is 0.00000256. The number of benzene rings is 3. The number of anilines is 2. The fraction of sp³-hybridized carbons (Fsp3) is 0.0909. The van der Waals surface area contributed by atoms with E-state index in [0.717, 1.165) is 5.56 Å². The van der Waals surface area contributed by atoms with Crippen molar-refractivity contribution in [2.75, 3.05) is 12.4 Å². The van der Waals surface area contributed by atoms with Gasteiger partial charge in [-0.25, -0.2) is 4.39 Å². The van der Waals surface area contributed by atoms with Crippen molar-refractivity contribution in [2.24, 2.45) is 0 Å². The summed E-state index contributed by atoms with van der Waals surface area (Å²) in [5.74, 6) is 0.552. The second-order valence-electron chi connectivity index (χ2n) is 6.26. The van der Waals surface area contributed by atoms with Crippen LogP contribution in [-0.4, -0.2) is 17.1 Å². The highest BCUT2D eigenvalue weighted by Gasteiger charge is 2.13. The predicted octanol–water partition coefficient (Wildman–Crippen LogP) is 6.18. The normalized spacial score (nSPS) is 10.4. The van der Waals surface area contributed by atoms with E-state index < -0.39 is 5.82 Å². The van der Waals surface area contributed by atoms with Gasteiger partial charge in [0, 0.05) is 10.4 Å². The zero-order valence-corrected chi connectivity index (χ0v) is 17.5. The van der Waals surface area contributed by atoms with E-state index in [1.807, 2.05) is 30.3 Å². The molecule has 0 unspecified atom stereocenters. The van der Waals surface area contributed by atoms with Crippen LogP contribution >= 0.6 is 24.0 Å². The molecule has 0 bridgehead atoms. The number of nitrogens with zero attached hydrogens (tertiary/aromatic N) is 2. The molecule has 0 saturated heterocycles. The molecule has 154 valence electrons. The Labute approximate surface area is 184 Å². The Morgan fingerprint density at radius 1 is 1.00 bits per heavy atom. The number of methoxy groups -OCH3 is 1. The van der Waals surface area contributed by atoms with Crippen LogP contribution in [0.25, 0.3) is 10.9 Å². The number of hydrogen-bond donors (Lipinski definition) is 1. The Bertz CT molecular complexity index is 1160. The number of hydrogen-bond acceptors (Lipinski definition) is 5. The summed E-state index contributed by atoms with van der Waals surface area (Å²) in [6.07, 6.45) is 0. The molecule has 8 heteroatoms. The van der Waals surface area contributed by atoms with Gasteiger partial charge in [0.25, 0.3) is 0 Å². The molecule has 0 spiro atoms. The Morgan fingerprint density at radius 2 is 1.80 bits per heavy atom. The first-order chi connectivity index (χ1) is 14.1. The van der Waals surface area contributed by atoms with E-state index in [4.69, 9.17) is 21.1 Å². The highest BCUT2D eigenvalue weighted by molar-refractivity contribution is 6.30. The third-order valence-corrected chi connectivity index (χ3v) is 4.51. The average Bonchev–Trinajstić information content (AvgIpc) is 2.74. The second-order valence-corrected chi connectivity index (χ2v) is 6.70. The zero-order valence-electron chi connectivity index (χ0n) is 15.9. The fourth-order valence-corrected chi connectivity index (χ4v) is 2.97. The molecule has 5 nitrogen and oxygen atoms in total. The first-order valence-corrected chi connectivity index (χ1v) is 9.25. The average molecular weight is 446 g/mol. The van der Waals surface area contributed by atoms with Gasteiger partial charge < -0.3 is 14.8 Å². The molecule has 0 radical (unpaired) electrons. The van der Waals surface area contributed by atoms with Crippen LogP contribution < -0.4 is 14.8 Å². The van der Waals surface area contributed by atoms with Crippen LogP contribution in [0.1, 0.15) is 5.56 Å². The van der Waals surface area contributed by atoms with Gasteiger partial charge in [-0.2, -0.15) is 9.97 Å². The van der Waals surface area contributed by atoms with Crippen LogP contribution in [-0.2, 0) is 6.61 Å². The Hall–Kier alpha value is -3.09. The highest BCUT2D eigenvalue weighted by atomic mass is 35.5. The Kier molecular flexibility index (Phi) is 6.92. The van der Waals surface area contributed by atoms with Gasteiger partial charge in [0.05, 0.1) is 18.3 Å². The van der Waals surface area contributed by atoms with Crippen molar-refractivity contribution in [3.8, 4) is 11.8 Å². The van der Waals surface area contributed by atoms with Crippen molar-refractivity contribution in [1.29, 1.82) is 0 Å². The summed E-state index contributed by atoms with van der Waals surface area (Å²) in [7, 11) is 1.57. The van der Waals surface area contributed by atoms with E-state index in [0.29, 0.717) is 34.1 Å². The van der Waals surface area contributed by atoms with Crippen molar-refractivity contribution in [3.05, 3.63) is 83.1 Å². The van der Waals surface area contributed by atoms with E-state index in [2.05, 4.69) is 15.3 Å². The molecule has 0 aliphatic rings. The van der Waals surface area contributed by atoms with Crippen LogP contribution in [0.3, 0.4) is 0 Å². The molecule has 0 fully saturated rings. The fourth-order valence-electron chi connectivity index (χ4n) is 2.81. The van der Waals surface area contributed by atoms with Gasteiger partial charge in [0.2, 0.25) is 0 Å². The standard InChI is InChI=1S/C22H17ClFN3O2.ClH/c1-28-16-8-10-19-17(12-16)21(25-20-9-7-15(23)11-18(20)24)27-22(26-19)29-13-14-5-3-2-4-6-14;/h2-12H,13H2,1H3,(H,25,26,27);1H. The molecule has 1 heterocycles. The SMILES string of the molecule is COc1ccc2nc(OCc3ccccc3)nc(Nc3ccc(Cl)cc3F)c2c1.Cl. The monoisotopic (exact) mass is 445 g/mol. The first kappa shape index (κ1) is 21.6. The number of rotatable bonds is 6. The molecule has 4 rings (SSSR count). The van der Waals surface area contributed by atoms with Crippen LogP contribution in [0.5, 0.6) is 11.8 Å². The minimum Gasteiger partial charge on any atom is -0.497 e. The summed E-state index contributed by atoms with van der Waals surface area (Å²) in [6.45, 7) is 0.317. The second kappa shape index (κ2) is 9.61. The maximum atomic E-state index is 14.3. The maximum Gasteiger partial charge on any atom is 0.319 e. The molecule has 0 saturated carbocycles. The smallest absolute Gasteiger partial charge is 0.319 e. The lowest BCUT2D eigenvalue weighted by Crippen LogP contribution is -2.04. The molecule has 1 N–H and O–H groups in total. The van der Waals surface area contributed by atoms with E-state index in [-0.39, 0.29) is 24.1 Å². The zero-order chi connectivity index (χ0) is 20.2. The molecular formula is C22H18Cl2FN3O2. The number of aromatic nitrogens is 2. The van der Waals surface area contributed by atoms with E-state index in [1.54, 1.807) is 37.4 Å². The van der Waals surface area contributed by atoms with Crippen LogP contribution in [0.2, 0.25) is 5.02 Å². The molecule has 4 aromatic rings. The number of halogens is 3. The topological polar surface area (TPSA) is 56.3 Å². The predicted molar refractivity (Wildman–Crippen MR) is 119 cm³/mol.